The first-order chi connectivity index (χ1) is 37.0. The molecule has 0 radical (unpaired) electrons. The van der Waals surface area contributed by atoms with Gasteiger partial charge in [-0.2, -0.15) is 0 Å². The van der Waals surface area contributed by atoms with Crippen LogP contribution in [0.1, 0.15) is 380 Å². The van der Waals surface area contributed by atoms with Crippen LogP contribution in [0.4, 0.5) is 0 Å². The van der Waals surface area contributed by atoms with Crippen LogP contribution in [0.3, 0.4) is 0 Å². The fourth-order valence-electron chi connectivity index (χ4n) is 10.8. The molecule has 0 aliphatic heterocycles. The van der Waals surface area contributed by atoms with Crippen LogP contribution < -0.4 is 5.32 Å². The van der Waals surface area contributed by atoms with E-state index in [1.165, 1.54) is 295 Å². The Kier molecular flexibility index (Phi) is 63.4. The minimum Gasteiger partial charge on any atom is -0.466 e. The van der Waals surface area contributed by atoms with Gasteiger partial charge in [0.05, 0.1) is 25.4 Å². The molecule has 0 aromatic rings. The first-order valence-electron chi connectivity index (χ1n) is 34.1. The summed E-state index contributed by atoms with van der Waals surface area (Å²) >= 11 is 0. The van der Waals surface area contributed by atoms with Crippen molar-refractivity contribution in [2.75, 3.05) is 13.2 Å². The molecule has 0 saturated heterocycles. The summed E-state index contributed by atoms with van der Waals surface area (Å²) in [6.45, 7) is 4.96. The molecule has 444 valence electrons. The zero-order valence-corrected chi connectivity index (χ0v) is 50.8. The van der Waals surface area contributed by atoms with Crippen LogP contribution in [-0.4, -0.2) is 47.4 Å². The molecule has 3 N–H and O–H groups in total. The third-order valence-corrected chi connectivity index (χ3v) is 16.0. The van der Waals surface area contributed by atoms with Crippen molar-refractivity contribution in [1.82, 2.24) is 5.32 Å². The molecule has 75 heavy (non-hydrogen) atoms. The van der Waals surface area contributed by atoms with Crippen LogP contribution in [-0.2, 0) is 14.3 Å². The minimum absolute atomic E-state index is 0.00187. The summed E-state index contributed by atoms with van der Waals surface area (Å²) in [7, 11) is 0. The van der Waals surface area contributed by atoms with Gasteiger partial charge in [0.2, 0.25) is 5.91 Å². The average molecular weight is 1060 g/mol. The van der Waals surface area contributed by atoms with Crippen LogP contribution in [0.5, 0.6) is 0 Å². The van der Waals surface area contributed by atoms with Crippen LogP contribution in [0, 0.1) is 0 Å². The number of hydrogen-bond donors (Lipinski definition) is 3. The summed E-state index contributed by atoms with van der Waals surface area (Å²) in [4.78, 5) is 24.6. The number of aliphatic hydroxyl groups excluding tert-OH is 2. The van der Waals surface area contributed by atoms with Crippen molar-refractivity contribution in [2.24, 2.45) is 0 Å². The molecule has 0 aliphatic rings. The predicted molar refractivity (Wildman–Crippen MR) is 329 cm³/mol. The lowest BCUT2D eigenvalue weighted by atomic mass is 10.0. The van der Waals surface area contributed by atoms with Crippen molar-refractivity contribution in [3.8, 4) is 0 Å². The second kappa shape index (κ2) is 64.9. The summed E-state index contributed by atoms with van der Waals surface area (Å²) in [5.41, 5.74) is 0. The Morgan fingerprint density at radius 3 is 1.03 bits per heavy atom. The zero-order valence-electron chi connectivity index (χ0n) is 50.8. The van der Waals surface area contributed by atoms with Crippen molar-refractivity contribution >= 4 is 11.9 Å². The first-order valence-corrected chi connectivity index (χ1v) is 34.1. The van der Waals surface area contributed by atoms with Crippen LogP contribution in [0.25, 0.3) is 0 Å². The predicted octanol–water partition coefficient (Wildman–Crippen LogP) is 21.8. The lowest BCUT2D eigenvalue weighted by molar-refractivity contribution is -0.143. The molecule has 6 heteroatoms. The number of aliphatic hydroxyl groups is 2. The van der Waals surface area contributed by atoms with Gasteiger partial charge in [-0.1, -0.05) is 334 Å². The lowest BCUT2D eigenvalue weighted by Crippen LogP contribution is -2.45. The monoisotopic (exact) mass is 1060 g/mol. The summed E-state index contributed by atoms with van der Waals surface area (Å²) in [5, 5.41) is 23.4. The molecule has 6 nitrogen and oxygen atoms in total. The third-order valence-electron chi connectivity index (χ3n) is 16.0. The number of nitrogens with one attached hydrogen (secondary N) is 1. The maximum absolute atomic E-state index is 12.5. The largest absolute Gasteiger partial charge is 0.466 e. The molecule has 0 aromatic heterocycles. The standard InChI is InChI=1S/C69H133NO5/c1-3-5-7-9-11-13-15-17-19-21-22-23-24-27-30-33-37-41-45-49-53-57-61-67(72)66(65-71)70-68(73)62-58-54-50-46-42-38-34-31-28-25-26-29-32-36-40-44-48-52-56-60-64-75-69(74)63-59-55-51-47-43-39-35-20-18-16-14-12-10-8-6-4-2/h14,16,20,35,66-67,71-72H,3-13,15,17-19,21-34,36-65H2,1-2H3,(H,70,73)/b16-14-,35-20-. The van der Waals surface area contributed by atoms with Crippen molar-refractivity contribution in [1.29, 1.82) is 0 Å². The first kappa shape index (κ1) is 73.3. The molecule has 0 saturated carbocycles. The summed E-state index contributed by atoms with van der Waals surface area (Å²) < 4.78 is 5.49. The quantitative estimate of drug-likeness (QED) is 0.0320. The van der Waals surface area contributed by atoms with Gasteiger partial charge >= 0.3 is 5.97 Å². The Balaban J connectivity index is 3.40. The van der Waals surface area contributed by atoms with E-state index in [4.69, 9.17) is 4.74 Å². The van der Waals surface area contributed by atoms with Gasteiger partial charge in [-0.3, -0.25) is 9.59 Å². The molecule has 0 fully saturated rings. The Morgan fingerprint density at radius 1 is 0.373 bits per heavy atom. The van der Waals surface area contributed by atoms with Gasteiger partial charge in [0.25, 0.3) is 0 Å². The van der Waals surface area contributed by atoms with Gasteiger partial charge in [-0.25, -0.2) is 0 Å². The van der Waals surface area contributed by atoms with Gasteiger partial charge < -0.3 is 20.3 Å². The molecule has 0 aromatic carbocycles. The van der Waals surface area contributed by atoms with E-state index in [1.54, 1.807) is 0 Å². The van der Waals surface area contributed by atoms with Crippen LogP contribution in [0.15, 0.2) is 24.3 Å². The lowest BCUT2D eigenvalue weighted by Gasteiger charge is -2.22. The van der Waals surface area contributed by atoms with Crippen LogP contribution in [0.2, 0.25) is 0 Å². The number of unbranched alkanes of at least 4 members (excludes halogenated alkanes) is 49. The second-order valence-corrected chi connectivity index (χ2v) is 23.5. The molecule has 0 spiro atoms. The Morgan fingerprint density at radius 2 is 0.667 bits per heavy atom. The average Bonchev–Trinajstić information content (AvgIpc) is 3.41. The van der Waals surface area contributed by atoms with E-state index < -0.39 is 12.1 Å². The van der Waals surface area contributed by atoms with E-state index in [1.807, 2.05) is 0 Å². The topological polar surface area (TPSA) is 95.9 Å². The highest BCUT2D eigenvalue weighted by molar-refractivity contribution is 5.76. The molecular weight excluding hydrogens is 923 g/mol. The molecule has 2 atom stereocenters. The molecule has 0 rings (SSSR count). The normalized spacial score (nSPS) is 12.6. The molecule has 1 amide bonds. The van der Waals surface area contributed by atoms with E-state index in [0.29, 0.717) is 25.9 Å². The van der Waals surface area contributed by atoms with Gasteiger partial charge in [-0.05, 0) is 57.8 Å². The van der Waals surface area contributed by atoms with Crippen molar-refractivity contribution in [3.63, 3.8) is 0 Å². The van der Waals surface area contributed by atoms with Crippen molar-refractivity contribution in [2.45, 2.75) is 392 Å². The number of carbonyl (C=O) groups is 2. The molecular formula is C69H133NO5. The van der Waals surface area contributed by atoms with Crippen molar-refractivity contribution in [3.05, 3.63) is 24.3 Å². The Bertz CT molecular complexity index is 1170. The number of esters is 1. The molecule has 2 unspecified atom stereocenters. The van der Waals surface area contributed by atoms with Gasteiger partial charge in [0, 0.05) is 12.8 Å². The molecule has 0 heterocycles. The summed E-state index contributed by atoms with van der Waals surface area (Å²) in [5.74, 6) is -0.0347. The van der Waals surface area contributed by atoms with Gasteiger partial charge in [-0.15, -0.1) is 0 Å². The second-order valence-electron chi connectivity index (χ2n) is 23.5. The number of amides is 1. The van der Waals surface area contributed by atoms with E-state index in [2.05, 4.69) is 43.5 Å². The highest BCUT2D eigenvalue weighted by Crippen LogP contribution is 2.19. The number of ether oxygens (including phenoxy) is 1. The summed E-state index contributed by atoms with van der Waals surface area (Å²) in [6, 6.07) is -0.544. The van der Waals surface area contributed by atoms with E-state index in [9.17, 15) is 19.8 Å². The maximum atomic E-state index is 12.5. The maximum Gasteiger partial charge on any atom is 0.305 e. The minimum atomic E-state index is -0.667. The number of hydrogen-bond acceptors (Lipinski definition) is 5. The summed E-state index contributed by atoms with van der Waals surface area (Å²) in [6.07, 6.45) is 80.6. The number of allylic oxidation sites excluding steroid dienone is 4. The SMILES string of the molecule is CCCCCC/C=C\C/C=C\CCCCCCCC(=O)OCCCCCCCCCCCCCCCCCCCCCCC(=O)NC(CO)C(O)CCCCCCCCCCCCCCCCCCCCCCCC. The number of rotatable bonds is 64. The Hall–Kier alpha value is -1.66. The van der Waals surface area contributed by atoms with E-state index in [0.717, 1.165) is 51.4 Å². The number of carbonyl (C=O) groups excluding carboxylic acids is 2. The van der Waals surface area contributed by atoms with Gasteiger partial charge in [0.1, 0.15) is 0 Å². The highest BCUT2D eigenvalue weighted by atomic mass is 16.5. The molecule has 0 bridgehead atoms. The van der Waals surface area contributed by atoms with Gasteiger partial charge in [0.15, 0.2) is 0 Å². The highest BCUT2D eigenvalue weighted by Gasteiger charge is 2.20. The van der Waals surface area contributed by atoms with E-state index in [-0.39, 0.29) is 18.5 Å². The fourth-order valence-corrected chi connectivity index (χ4v) is 10.8. The molecule has 0 aliphatic carbocycles. The van der Waals surface area contributed by atoms with E-state index >= 15 is 0 Å². The third kappa shape index (κ3) is 61.4. The van der Waals surface area contributed by atoms with Crippen LogP contribution >= 0.6 is 0 Å². The zero-order chi connectivity index (χ0) is 54.3. The Labute approximate surface area is 469 Å². The van der Waals surface area contributed by atoms with Crippen molar-refractivity contribution < 1.29 is 24.5 Å². The smallest absolute Gasteiger partial charge is 0.305 e. The fraction of sp³-hybridized carbons (Fsp3) is 0.913.